The summed E-state index contributed by atoms with van der Waals surface area (Å²) < 4.78 is 6.50. The zero-order valence-electron chi connectivity index (χ0n) is 17.4. The van der Waals surface area contributed by atoms with E-state index in [0.29, 0.717) is 13.1 Å². The molecule has 0 spiro atoms. The van der Waals surface area contributed by atoms with Crippen molar-refractivity contribution in [3.8, 4) is 5.75 Å². The molecule has 0 N–H and O–H groups in total. The molecule has 7 heteroatoms. The van der Waals surface area contributed by atoms with Gasteiger partial charge >= 0.3 is 0 Å². The SMILES string of the molecule is COc1ccc(Br)cc1C1SCCN1C(=O)C1CC(=O)N(c2ccc(C)c(C)c2)C1. The highest BCUT2D eigenvalue weighted by Gasteiger charge is 2.41. The Labute approximate surface area is 189 Å². The van der Waals surface area contributed by atoms with E-state index in [9.17, 15) is 9.59 Å². The summed E-state index contributed by atoms with van der Waals surface area (Å²) >= 11 is 5.26. The second-order valence-electron chi connectivity index (χ2n) is 7.82. The van der Waals surface area contributed by atoms with Gasteiger partial charge in [-0.2, -0.15) is 0 Å². The molecule has 2 unspecified atom stereocenters. The van der Waals surface area contributed by atoms with Crippen molar-refractivity contribution in [2.45, 2.75) is 25.6 Å². The summed E-state index contributed by atoms with van der Waals surface area (Å²) in [6.07, 6.45) is 0.259. The van der Waals surface area contributed by atoms with Crippen LogP contribution in [0.25, 0.3) is 0 Å². The molecule has 158 valence electrons. The maximum absolute atomic E-state index is 13.4. The number of hydrogen-bond acceptors (Lipinski definition) is 4. The first kappa shape index (κ1) is 21.2. The van der Waals surface area contributed by atoms with Crippen molar-refractivity contribution in [3.63, 3.8) is 0 Å². The smallest absolute Gasteiger partial charge is 0.229 e. The van der Waals surface area contributed by atoms with Crippen molar-refractivity contribution in [2.24, 2.45) is 5.92 Å². The first-order valence-electron chi connectivity index (χ1n) is 10.0. The fourth-order valence-corrected chi connectivity index (χ4v) is 5.76. The molecule has 2 fully saturated rings. The lowest BCUT2D eigenvalue weighted by Crippen LogP contribution is -2.37. The second-order valence-corrected chi connectivity index (χ2v) is 9.92. The van der Waals surface area contributed by atoms with Crippen LogP contribution in [0.5, 0.6) is 5.75 Å². The number of amides is 2. The largest absolute Gasteiger partial charge is 0.496 e. The molecule has 2 heterocycles. The highest BCUT2D eigenvalue weighted by atomic mass is 79.9. The number of methoxy groups -OCH3 is 1. The number of nitrogens with zero attached hydrogens (tertiary/aromatic N) is 2. The van der Waals surface area contributed by atoms with E-state index in [2.05, 4.69) is 22.9 Å². The molecule has 4 rings (SSSR count). The van der Waals surface area contributed by atoms with Crippen LogP contribution in [0.4, 0.5) is 5.69 Å². The van der Waals surface area contributed by atoms with Gasteiger partial charge in [-0.05, 0) is 55.3 Å². The zero-order chi connectivity index (χ0) is 21.4. The maximum Gasteiger partial charge on any atom is 0.229 e. The van der Waals surface area contributed by atoms with Crippen molar-refractivity contribution >= 4 is 45.2 Å². The van der Waals surface area contributed by atoms with Crippen molar-refractivity contribution in [1.29, 1.82) is 0 Å². The fourth-order valence-electron chi connectivity index (χ4n) is 4.10. The average Bonchev–Trinajstić information content (AvgIpc) is 3.36. The molecule has 0 bridgehead atoms. The Morgan fingerprint density at radius 3 is 2.70 bits per heavy atom. The standard InChI is InChI=1S/C23H25BrN2O3S/c1-14-4-6-18(10-15(14)2)26-13-16(11-21(26)27)22(28)25-8-9-30-23(25)19-12-17(24)5-7-20(19)29-3/h4-7,10,12,16,23H,8-9,11,13H2,1-3H3. The lowest BCUT2D eigenvalue weighted by atomic mass is 10.1. The maximum atomic E-state index is 13.4. The third kappa shape index (κ3) is 3.97. The minimum Gasteiger partial charge on any atom is -0.496 e. The third-order valence-corrected chi connectivity index (χ3v) is 7.64. The van der Waals surface area contributed by atoms with Gasteiger partial charge in [-0.15, -0.1) is 11.8 Å². The fraction of sp³-hybridized carbons (Fsp3) is 0.391. The number of benzene rings is 2. The highest BCUT2D eigenvalue weighted by Crippen LogP contribution is 2.44. The minimum absolute atomic E-state index is 0.0139. The summed E-state index contributed by atoms with van der Waals surface area (Å²) in [7, 11) is 1.65. The minimum atomic E-state index is -0.321. The zero-order valence-corrected chi connectivity index (χ0v) is 19.8. The average molecular weight is 489 g/mol. The predicted octanol–water partition coefficient (Wildman–Crippen LogP) is 4.70. The normalized spacial score (nSPS) is 21.4. The van der Waals surface area contributed by atoms with E-state index < -0.39 is 0 Å². The molecule has 2 aromatic carbocycles. The van der Waals surface area contributed by atoms with Gasteiger partial charge in [0.2, 0.25) is 11.8 Å². The molecule has 0 aliphatic carbocycles. The Hall–Kier alpha value is -1.99. The Balaban J connectivity index is 1.55. The Bertz CT molecular complexity index is 996. The van der Waals surface area contributed by atoms with Crippen LogP contribution in [0, 0.1) is 19.8 Å². The Kier molecular flexibility index (Phi) is 6.11. The van der Waals surface area contributed by atoms with E-state index in [4.69, 9.17) is 4.74 Å². The van der Waals surface area contributed by atoms with Crippen LogP contribution in [0.15, 0.2) is 40.9 Å². The number of halogens is 1. The first-order chi connectivity index (χ1) is 14.4. The van der Waals surface area contributed by atoms with E-state index >= 15 is 0 Å². The summed E-state index contributed by atoms with van der Waals surface area (Å²) in [5.74, 6) is 1.38. The van der Waals surface area contributed by atoms with Gasteiger partial charge in [0.25, 0.3) is 0 Å². The van der Waals surface area contributed by atoms with Crippen LogP contribution in [-0.2, 0) is 9.59 Å². The van der Waals surface area contributed by atoms with Gasteiger partial charge in [-0.3, -0.25) is 9.59 Å². The van der Waals surface area contributed by atoms with Crippen LogP contribution < -0.4 is 9.64 Å². The monoisotopic (exact) mass is 488 g/mol. The molecule has 0 aromatic heterocycles. The molecule has 30 heavy (non-hydrogen) atoms. The Morgan fingerprint density at radius 1 is 1.17 bits per heavy atom. The van der Waals surface area contributed by atoms with Gasteiger partial charge in [0.15, 0.2) is 0 Å². The third-order valence-electron chi connectivity index (χ3n) is 5.91. The molecule has 2 saturated heterocycles. The molecule has 2 atom stereocenters. The van der Waals surface area contributed by atoms with Gasteiger partial charge < -0.3 is 14.5 Å². The van der Waals surface area contributed by atoms with E-state index in [1.165, 1.54) is 5.56 Å². The number of carbonyl (C=O) groups is 2. The van der Waals surface area contributed by atoms with Crippen molar-refractivity contribution in [2.75, 3.05) is 30.9 Å². The number of hydrogen-bond donors (Lipinski definition) is 0. The second kappa shape index (κ2) is 8.63. The van der Waals surface area contributed by atoms with Crippen LogP contribution in [0.2, 0.25) is 0 Å². The molecule has 2 aliphatic heterocycles. The lowest BCUT2D eigenvalue weighted by Gasteiger charge is -2.28. The summed E-state index contributed by atoms with van der Waals surface area (Å²) in [4.78, 5) is 29.8. The van der Waals surface area contributed by atoms with Crippen molar-refractivity contribution in [1.82, 2.24) is 4.90 Å². The van der Waals surface area contributed by atoms with Crippen LogP contribution in [0.1, 0.15) is 28.5 Å². The molecule has 2 aliphatic rings. The molecular formula is C23H25BrN2O3S. The first-order valence-corrected chi connectivity index (χ1v) is 11.9. The molecule has 2 aromatic rings. The highest BCUT2D eigenvalue weighted by molar-refractivity contribution is 9.10. The molecule has 0 radical (unpaired) electrons. The van der Waals surface area contributed by atoms with Crippen molar-refractivity contribution < 1.29 is 14.3 Å². The molecule has 5 nitrogen and oxygen atoms in total. The van der Waals surface area contributed by atoms with Crippen molar-refractivity contribution in [3.05, 3.63) is 57.6 Å². The number of thioether (sulfide) groups is 1. The molecular weight excluding hydrogens is 464 g/mol. The van der Waals surface area contributed by atoms with E-state index in [1.807, 2.05) is 48.2 Å². The summed E-state index contributed by atoms with van der Waals surface area (Å²) in [6, 6.07) is 11.9. The number of ether oxygens (including phenoxy) is 1. The van der Waals surface area contributed by atoms with Gasteiger partial charge in [0.1, 0.15) is 11.1 Å². The van der Waals surface area contributed by atoms with E-state index in [0.717, 1.165) is 32.8 Å². The molecule has 0 saturated carbocycles. The van der Waals surface area contributed by atoms with E-state index in [-0.39, 0.29) is 29.5 Å². The summed E-state index contributed by atoms with van der Waals surface area (Å²) in [5.41, 5.74) is 4.20. The topological polar surface area (TPSA) is 49.9 Å². The lowest BCUT2D eigenvalue weighted by molar-refractivity contribution is -0.136. The van der Waals surface area contributed by atoms with Gasteiger partial charge in [-0.25, -0.2) is 0 Å². The number of aryl methyl sites for hydroxylation is 2. The number of anilines is 1. The number of rotatable bonds is 4. The summed E-state index contributed by atoms with van der Waals surface area (Å²) in [5, 5.41) is -0.101. The quantitative estimate of drug-likeness (QED) is 0.625. The molecule has 2 amide bonds. The van der Waals surface area contributed by atoms with Crippen LogP contribution >= 0.6 is 27.7 Å². The van der Waals surface area contributed by atoms with Crippen LogP contribution in [0.3, 0.4) is 0 Å². The van der Waals surface area contributed by atoms with Gasteiger partial charge in [0.05, 0.1) is 13.0 Å². The predicted molar refractivity (Wildman–Crippen MR) is 124 cm³/mol. The van der Waals surface area contributed by atoms with E-state index in [1.54, 1.807) is 23.8 Å². The van der Waals surface area contributed by atoms with Crippen LogP contribution in [-0.4, -0.2) is 42.7 Å². The van der Waals surface area contributed by atoms with Gasteiger partial charge in [-0.1, -0.05) is 22.0 Å². The Morgan fingerprint density at radius 2 is 1.97 bits per heavy atom. The summed E-state index contributed by atoms with van der Waals surface area (Å²) in [6.45, 7) is 5.21. The number of carbonyl (C=O) groups excluding carboxylic acids is 2. The van der Waals surface area contributed by atoms with Gasteiger partial charge in [0, 0.05) is 41.0 Å².